The Bertz CT molecular complexity index is 657. The van der Waals surface area contributed by atoms with Gasteiger partial charge < -0.3 is 14.4 Å². The lowest BCUT2D eigenvalue weighted by Gasteiger charge is -2.24. The molecule has 3 rings (SSSR count). The molecule has 2 aromatic rings. The first-order valence-corrected chi connectivity index (χ1v) is 8.24. The van der Waals surface area contributed by atoms with Crippen LogP contribution in [0.2, 0.25) is 0 Å². The number of likely N-dealkylation sites (tertiary alicyclic amines) is 1. The van der Waals surface area contributed by atoms with Crippen molar-refractivity contribution in [3.8, 4) is 5.75 Å². The molecule has 0 aliphatic carbocycles. The van der Waals surface area contributed by atoms with Crippen LogP contribution < -0.4 is 4.74 Å². The van der Waals surface area contributed by atoms with Crippen LogP contribution in [0.25, 0.3) is 0 Å². The Kier molecular flexibility index (Phi) is 5.48. The Morgan fingerprint density at radius 3 is 3.08 bits per heavy atom. The van der Waals surface area contributed by atoms with E-state index in [1.165, 1.54) is 0 Å². The fraction of sp³-hybridized carbons (Fsp3) is 0.444. The van der Waals surface area contributed by atoms with E-state index in [4.69, 9.17) is 9.47 Å². The third-order valence-corrected chi connectivity index (χ3v) is 4.28. The van der Waals surface area contributed by atoms with Crippen LogP contribution in [-0.2, 0) is 22.7 Å². The number of ether oxygens (including phenoxy) is 2. The van der Waals surface area contributed by atoms with Crippen molar-refractivity contribution >= 4 is 5.91 Å². The monoisotopic (exact) mass is 329 g/mol. The normalized spacial score (nSPS) is 17.2. The van der Waals surface area contributed by atoms with E-state index in [1.807, 2.05) is 46.1 Å². The molecule has 0 bridgehead atoms. The van der Waals surface area contributed by atoms with E-state index in [-0.39, 0.29) is 18.6 Å². The summed E-state index contributed by atoms with van der Waals surface area (Å²) >= 11 is 0. The van der Waals surface area contributed by atoms with E-state index >= 15 is 0 Å². The highest BCUT2D eigenvalue weighted by atomic mass is 16.5. The van der Waals surface area contributed by atoms with Gasteiger partial charge in [0.25, 0.3) is 0 Å². The molecular formula is C18H23N3O3. The van der Waals surface area contributed by atoms with Crippen LogP contribution in [0.4, 0.5) is 0 Å². The van der Waals surface area contributed by atoms with E-state index in [2.05, 4.69) is 5.10 Å². The fourth-order valence-electron chi connectivity index (χ4n) is 3.08. The lowest BCUT2D eigenvalue weighted by Crippen LogP contribution is -2.40. The summed E-state index contributed by atoms with van der Waals surface area (Å²) in [6.07, 6.45) is 5.74. The van der Waals surface area contributed by atoms with Gasteiger partial charge in [0.15, 0.2) is 0 Å². The topological polar surface area (TPSA) is 56.6 Å². The largest absolute Gasteiger partial charge is 0.497 e. The number of methoxy groups -OCH3 is 1. The molecule has 1 amide bonds. The first-order valence-electron chi connectivity index (χ1n) is 8.24. The second kappa shape index (κ2) is 7.97. The Morgan fingerprint density at radius 1 is 1.38 bits per heavy atom. The van der Waals surface area contributed by atoms with Crippen molar-refractivity contribution < 1.29 is 14.3 Å². The van der Waals surface area contributed by atoms with Gasteiger partial charge in [-0.25, -0.2) is 0 Å². The van der Waals surface area contributed by atoms with Crippen LogP contribution in [0.1, 0.15) is 18.4 Å². The Hall–Kier alpha value is -2.34. The standard InChI is InChI=1S/C18H23N3O3/c1-23-17-7-2-5-15(11-17)13-24-14-18(22)21-10-3-6-16(21)12-20-9-4-8-19-20/h2,4-5,7-9,11,16H,3,6,10,12-14H2,1H3/t16-/m1/s1. The van der Waals surface area contributed by atoms with Crippen LogP contribution in [0.5, 0.6) is 5.75 Å². The summed E-state index contributed by atoms with van der Waals surface area (Å²) in [7, 11) is 1.64. The molecule has 1 aliphatic rings. The maximum absolute atomic E-state index is 12.4. The Labute approximate surface area is 142 Å². The number of nitrogens with zero attached hydrogens (tertiary/aromatic N) is 3. The number of aromatic nitrogens is 2. The molecule has 1 saturated heterocycles. The maximum Gasteiger partial charge on any atom is 0.248 e. The lowest BCUT2D eigenvalue weighted by atomic mass is 10.2. The van der Waals surface area contributed by atoms with Gasteiger partial charge in [-0.15, -0.1) is 0 Å². The van der Waals surface area contributed by atoms with Gasteiger partial charge in [0.2, 0.25) is 5.91 Å². The van der Waals surface area contributed by atoms with Crippen molar-refractivity contribution in [2.45, 2.75) is 32.0 Å². The summed E-state index contributed by atoms with van der Waals surface area (Å²) in [6.45, 7) is 2.05. The molecule has 0 N–H and O–H groups in total. The predicted molar refractivity (Wildman–Crippen MR) is 89.6 cm³/mol. The third kappa shape index (κ3) is 4.14. The summed E-state index contributed by atoms with van der Waals surface area (Å²) in [6, 6.07) is 9.79. The first kappa shape index (κ1) is 16.5. The number of benzene rings is 1. The number of carbonyl (C=O) groups is 1. The molecule has 6 nitrogen and oxygen atoms in total. The summed E-state index contributed by atoms with van der Waals surface area (Å²) in [4.78, 5) is 14.4. The molecule has 0 unspecified atom stereocenters. The van der Waals surface area contributed by atoms with Gasteiger partial charge in [0, 0.05) is 18.9 Å². The van der Waals surface area contributed by atoms with Crippen molar-refractivity contribution in [2.75, 3.05) is 20.3 Å². The molecule has 1 atom stereocenters. The van der Waals surface area contributed by atoms with Crippen LogP contribution in [-0.4, -0.2) is 46.9 Å². The van der Waals surface area contributed by atoms with Gasteiger partial charge in [0.1, 0.15) is 12.4 Å². The SMILES string of the molecule is COc1cccc(COCC(=O)N2CCC[C@@H]2Cn2cccn2)c1. The molecule has 1 fully saturated rings. The van der Waals surface area contributed by atoms with Crippen LogP contribution in [0.15, 0.2) is 42.7 Å². The number of amides is 1. The zero-order valence-electron chi connectivity index (χ0n) is 13.9. The van der Waals surface area contributed by atoms with E-state index in [0.29, 0.717) is 6.61 Å². The molecule has 24 heavy (non-hydrogen) atoms. The molecule has 0 radical (unpaired) electrons. The second-order valence-corrected chi connectivity index (χ2v) is 5.96. The highest BCUT2D eigenvalue weighted by Crippen LogP contribution is 2.19. The molecule has 128 valence electrons. The molecule has 0 spiro atoms. The molecule has 1 aromatic heterocycles. The molecule has 1 aliphatic heterocycles. The molecule has 1 aromatic carbocycles. The Morgan fingerprint density at radius 2 is 2.29 bits per heavy atom. The highest BCUT2D eigenvalue weighted by Gasteiger charge is 2.28. The van der Waals surface area contributed by atoms with Crippen LogP contribution in [0, 0.1) is 0 Å². The summed E-state index contributed by atoms with van der Waals surface area (Å²) in [5, 5.41) is 4.23. The van der Waals surface area contributed by atoms with Crippen molar-refractivity contribution in [2.24, 2.45) is 0 Å². The quantitative estimate of drug-likeness (QED) is 0.780. The number of rotatable bonds is 7. The van der Waals surface area contributed by atoms with Crippen LogP contribution in [0.3, 0.4) is 0 Å². The van der Waals surface area contributed by atoms with E-state index in [0.717, 1.165) is 37.2 Å². The van der Waals surface area contributed by atoms with Gasteiger partial charge in [-0.2, -0.15) is 5.10 Å². The zero-order valence-corrected chi connectivity index (χ0v) is 13.9. The predicted octanol–water partition coefficient (Wildman–Crippen LogP) is 2.10. The van der Waals surface area contributed by atoms with E-state index in [1.54, 1.807) is 13.3 Å². The summed E-state index contributed by atoms with van der Waals surface area (Å²) < 4.78 is 12.7. The van der Waals surface area contributed by atoms with Crippen molar-refractivity contribution in [3.05, 3.63) is 48.3 Å². The average molecular weight is 329 g/mol. The van der Waals surface area contributed by atoms with Gasteiger partial charge in [-0.3, -0.25) is 9.48 Å². The lowest BCUT2D eigenvalue weighted by molar-refractivity contribution is -0.137. The minimum Gasteiger partial charge on any atom is -0.497 e. The molecule has 6 heteroatoms. The second-order valence-electron chi connectivity index (χ2n) is 5.96. The highest BCUT2D eigenvalue weighted by molar-refractivity contribution is 5.78. The zero-order chi connectivity index (χ0) is 16.8. The van der Waals surface area contributed by atoms with Crippen LogP contribution >= 0.6 is 0 Å². The third-order valence-electron chi connectivity index (χ3n) is 4.28. The smallest absolute Gasteiger partial charge is 0.248 e. The average Bonchev–Trinajstić information content (AvgIpc) is 3.27. The number of carbonyl (C=O) groups excluding carboxylic acids is 1. The summed E-state index contributed by atoms with van der Waals surface area (Å²) in [5.41, 5.74) is 0.997. The van der Waals surface area contributed by atoms with Gasteiger partial charge in [-0.05, 0) is 36.6 Å². The first-order chi connectivity index (χ1) is 11.8. The van der Waals surface area contributed by atoms with Gasteiger partial charge in [-0.1, -0.05) is 12.1 Å². The van der Waals surface area contributed by atoms with Gasteiger partial charge >= 0.3 is 0 Å². The molecular weight excluding hydrogens is 306 g/mol. The van der Waals surface area contributed by atoms with Crippen molar-refractivity contribution in [3.63, 3.8) is 0 Å². The number of hydrogen-bond acceptors (Lipinski definition) is 4. The Balaban J connectivity index is 1.48. The number of hydrogen-bond donors (Lipinski definition) is 0. The minimum atomic E-state index is 0.0487. The van der Waals surface area contributed by atoms with Crippen molar-refractivity contribution in [1.29, 1.82) is 0 Å². The molecule has 2 heterocycles. The fourth-order valence-corrected chi connectivity index (χ4v) is 3.08. The molecule has 0 saturated carbocycles. The maximum atomic E-state index is 12.4. The van der Waals surface area contributed by atoms with E-state index in [9.17, 15) is 4.79 Å². The van der Waals surface area contributed by atoms with Gasteiger partial charge in [0.05, 0.1) is 26.3 Å². The van der Waals surface area contributed by atoms with E-state index < -0.39 is 0 Å². The minimum absolute atomic E-state index is 0.0487. The van der Waals surface area contributed by atoms with Crippen molar-refractivity contribution in [1.82, 2.24) is 14.7 Å². The summed E-state index contributed by atoms with van der Waals surface area (Å²) in [5.74, 6) is 0.841.